The van der Waals surface area contributed by atoms with E-state index in [0.29, 0.717) is 0 Å². The van der Waals surface area contributed by atoms with Crippen LogP contribution in [0, 0.1) is 0 Å². The summed E-state index contributed by atoms with van der Waals surface area (Å²) in [5.41, 5.74) is 13.9. The van der Waals surface area contributed by atoms with Crippen LogP contribution in [0.1, 0.15) is 0 Å². The van der Waals surface area contributed by atoms with Crippen LogP contribution in [0.4, 0.5) is 17.1 Å². The minimum absolute atomic E-state index is 1.07. The monoisotopic (exact) mass is 788 g/mol. The van der Waals surface area contributed by atoms with Gasteiger partial charge in [-0.3, -0.25) is 0 Å². The van der Waals surface area contributed by atoms with Crippen LogP contribution in [0.15, 0.2) is 243 Å². The molecule has 0 aliphatic carbocycles. The van der Waals surface area contributed by atoms with Gasteiger partial charge in [0.15, 0.2) is 0 Å². The number of aromatic nitrogens is 1. The van der Waals surface area contributed by atoms with Crippen molar-refractivity contribution in [2.24, 2.45) is 0 Å². The fourth-order valence-corrected chi connectivity index (χ4v) is 9.69. The lowest BCUT2D eigenvalue weighted by Crippen LogP contribution is -2.12. The summed E-state index contributed by atoms with van der Waals surface area (Å²) in [5.74, 6) is 0. The fraction of sp³-hybridized carbons (Fsp3) is 0. The molecule has 0 N–H and O–H groups in total. The fourth-order valence-electron chi connectivity index (χ4n) is 9.69. The van der Waals surface area contributed by atoms with E-state index in [-0.39, 0.29) is 0 Å². The predicted octanol–water partition coefficient (Wildman–Crippen LogP) is 16.7. The molecule has 0 unspecified atom stereocenters. The van der Waals surface area contributed by atoms with Crippen molar-refractivity contribution < 1.29 is 0 Å². The molecule has 0 spiro atoms. The van der Waals surface area contributed by atoms with Crippen LogP contribution in [0.3, 0.4) is 0 Å². The highest BCUT2D eigenvalue weighted by atomic mass is 15.1. The van der Waals surface area contributed by atoms with Crippen LogP contribution in [0.5, 0.6) is 0 Å². The van der Waals surface area contributed by atoms with E-state index in [1.807, 2.05) is 0 Å². The summed E-state index contributed by atoms with van der Waals surface area (Å²) in [6, 6.07) is 88.6. The van der Waals surface area contributed by atoms with Gasteiger partial charge in [0.25, 0.3) is 0 Å². The highest BCUT2D eigenvalue weighted by Gasteiger charge is 2.21. The number of anilines is 3. The van der Waals surface area contributed by atoms with Gasteiger partial charge in [0.2, 0.25) is 0 Å². The van der Waals surface area contributed by atoms with Crippen LogP contribution in [-0.4, -0.2) is 4.57 Å². The first-order valence-electron chi connectivity index (χ1n) is 21.3. The van der Waals surface area contributed by atoms with Gasteiger partial charge in [-0.1, -0.05) is 182 Å². The second kappa shape index (κ2) is 14.8. The van der Waals surface area contributed by atoms with Gasteiger partial charge in [0, 0.05) is 33.4 Å². The molecule has 2 heteroatoms. The van der Waals surface area contributed by atoms with E-state index in [4.69, 9.17) is 0 Å². The molecule has 62 heavy (non-hydrogen) atoms. The zero-order chi connectivity index (χ0) is 41.0. The zero-order valence-corrected chi connectivity index (χ0v) is 34.0. The second-order valence-corrected chi connectivity index (χ2v) is 16.1. The van der Waals surface area contributed by atoms with Gasteiger partial charge >= 0.3 is 0 Å². The third-order valence-electron chi connectivity index (χ3n) is 12.6. The minimum Gasteiger partial charge on any atom is -0.310 e. The zero-order valence-electron chi connectivity index (χ0n) is 34.0. The van der Waals surface area contributed by atoms with Crippen molar-refractivity contribution in [2.45, 2.75) is 0 Å². The van der Waals surface area contributed by atoms with Gasteiger partial charge in [-0.25, -0.2) is 0 Å². The molecule has 0 aliphatic heterocycles. The van der Waals surface area contributed by atoms with E-state index < -0.39 is 0 Å². The number of fused-ring (bicyclic) bond motifs is 7. The quantitative estimate of drug-likeness (QED) is 0.146. The number of hydrogen-bond acceptors (Lipinski definition) is 1. The van der Waals surface area contributed by atoms with Gasteiger partial charge in [-0.15, -0.1) is 0 Å². The van der Waals surface area contributed by atoms with Crippen molar-refractivity contribution in [3.63, 3.8) is 0 Å². The topological polar surface area (TPSA) is 8.17 Å². The van der Waals surface area contributed by atoms with Crippen molar-refractivity contribution in [2.75, 3.05) is 4.90 Å². The molecule has 0 bridgehead atoms. The summed E-state index contributed by atoms with van der Waals surface area (Å²) in [4.78, 5) is 2.44. The van der Waals surface area contributed by atoms with Crippen molar-refractivity contribution in [1.82, 2.24) is 4.57 Å². The maximum Gasteiger partial charge on any atom is 0.0546 e. The number of para-hydroxylation sites is 2. The van der Waals surface area contributed by atoms with Crippen molar-refractivity contribution >= 4 is 71.2 Å². The number of benzene rings is 11. The Labute approximate surface area is 360 Å². The first kappa shape index (κ1) is 35.7. The molecule has 0 saturated heterocycles. The molecule has 0 fully saturated rings. The molecule has 0 amide bonds. The summed E-state index contributed by atoms with van der Waals surface area (Å²) < 4.78 is 2.39. The molecular weight excluding hydrogens is 749 g/mol. The van der Waals surface area contributed by atoms with Crippen LogP contribution < -0.4 is 4.90 Å². The van der Waals surface area contributed by atoms with E-state index in [1.54, 1.807) is 0 Å². The van der Waals surface area contributed by atoms with Gasteiger partial charge in [0.1, 0.15) is 0 Å². The predicted molar refractivity (Wildman–Crippen MR) is 264 cm³/mol. The Balaban J connectivity index is 1.08. The SMILES string of the molecule is c1ccc(-c2ccc(-c3cc4ccccc4c4ccccc34)cc2N(c2ccc(-c3cccc4ccccc34)cc2)c2ccc(-n3c4ccccc4c4ccccc43)cc2)cc1. The molecule has 0 aliphatic rings. The summed E-state index contributed by atoms with van der Waals surface area (Å²) in [6.45, 7) is 0. The highest BCUT2D eigenvalue weighted by Crippen LogP contribution is 2.45. The molecule has 1 aromatic heterocycles. The third kappa shape index (κ3) is 5.96. The Bertz CT molecular complexity index is 3560. The number of nitrogens with zero attached hydrogens (tertiary/aromatic N) is 2. The lowest BCUT2D eigenvalue weighted by atomic mass is 9.91. The van der Waals surface area contributed by atoms with Crippen molar-refractivity contribution in [1.29, 1.82) is 0 Å². The number of hydrogen-bond donors (Lipinski definition) is 0. The smallest absolute Gasteiger partial charge is 0.0546 e. The van der Waals surface area contributed by atoms with Gasteiger partial charge in [-0.05, 0) is 121 Å². The molecule has 0 atom stereocenters. The first-order chi connectivity index (χ1) is 30.8. The molecule has 12 aromatic rings. The minimum atomic E-state index is 1.07. The lowest BCUT2D eigenvalue weighted by molar-refractivity contribution is 1.17. The molecule has 11 aromatic carbocycles. The first-order valence-corrected chi connectivity index (χ1v) is 21.3. The van der Waals surface area contributed by atoms with Gasteiger partial charge < -0.3 is 9.47 Å². The maximum absolute atomic E-state index is 2.44. The van der Waals surface area contributed by atoms with Crippen LogP contribution in [-0.2, 0) is 0 Å². The van der Waals surface area contributed by atoms with Gasteiger partial charge in [-0.2, -0.15) is 0 Å². The summed E-state index contributed by atoms with van der Waals surface area (Å²) in [6.07, 6.45) is 0. The Morgan fingerprint density at radius 2 is 0.790 bits per heavy atom. The highest BCUT2D eigenvalue weighted by molar-refractivity contribution is 6.14. The van der Waals surface area contributed by atoms with Crippen molar-refractivity contribution in [3.8, 4) is 39.1 Å². The summed E-state index contributed by atoms with van der Waals surface area (Å²) in [5, 5.41) is 10.0. The van der Waals surface area contributed by atoms with Crippen LogP contribution >= 0.6 is 0 Å². The second-order valence-electron chi connectivity index (χ2n) is 16.1. The molecule has 1 heterocycles. The van der Waals surface area contributed by atoms with Crippen molar-refractivity contribution in [3.05, 3.63) is 243 Å². The Morgan fingerprint density at radius 1 is 0.274 bits per heavy atom. The Morgan fingerprint density at radius 3 is 1.50 bits per heavy atom. The largest absolute Gasteiger partial charge is 0.310 e. The van der Waals surface area contributed by atoms with Crippen LogP contribution in [0.2, 0.25) is 0 Å². The average Bonchev–Trinajstić information content (AvgIpc) is 3.69. The number of rotatable bonds is 7. The Hall–Kier alpha value is -8.20. The lowest BCUT2D eigenvalue weighted by Gasteiger charge is -2.29. The molecule has 2 nitrogen and oxygen atoms in total. The molecule has 0 saturated carbocycles. The van der Waals surface area contributed by atoms with E-state index in [1.165, 1.54) is 76.4 Å². The third-order valence-corrected chi connectivity index (χ3v) is 12.6. The molecule has 290 valence electrons. The van der Waals surface area contributed by atoms with E-state index in [2.05, 4.69) is 252 Å². The summed E-state index contributed by atoms with van der Waals surface area (Å²) in [7, 11) is 0. The van der Waals surface area contributed by atoms with Crippen LogP contribution in [0.25, 0.3) is 93.2 Å². The standard InChI is InChI=1S/C60H40N2/c1-2-15-42(16-3-1)52-38-31-45(57-39-44-18-5-7-21-51(44)53-22-8-9-23-54(53)57)40-60(52)61(46-32-29-43(30-33-46)50-26-14-19-41-17-4-6-20-49(41)50)47-34-36-48(37-35-47)62-58-27-12-10-24-55(58)56-25-11-13-28-59(56)62/h1-40H. The normalized spacial score (nSPS) is 11.5. The maximum atomic E-state index is 2.44. The van der Waals surface area contributed by atoms with E-state index in [9.17, 15) is 0 Å². The summed E-state index contributed by atoms with van der Waals surface area (Å²) >= 11 is 0. The van der Waals surface area contributed by atoms with E-state index >= 15 is 0 Å². The Kier molecular flexibility index (Phi) is 8.53. The average molecular weight is 789 g/mol. The molecule has 12 rings (SSSR count). The van der Waals surface area contributed by atoms with Gasteiger partial charge in [0.05, 0.1) is 16.7 Å². The van der Waals surface area contributed by atoms with E-state index in [0.717, 1.165) is 33.9 Å². The molecule has 0 radical (unpaired) electrons. The molecular formula is C60H40N2.